The summed E-state index contributed by atoms with van der Waals surface area (Å²) in [6.45, 7) is 0. The summed E-state index contributed by atoms with van der Waals surface area (Å²) >= 11 is 0. The normalized spacial score (nSPS) is 10.9. The first-order chi connectivity index (χ1) is 22.4. The number of amides is 4. The number of rotatable bonds is 13. The van der Waals surface area contributed by atoms with Gasteiger partial charge in [-0.05, 0) is 53.4 Å². The van der Waals surface area contributed by atoms with Gasteiger partial charge in [-0.3, -0.25) is 24.4 Å². The molecule has 9 nitrogen and oxygen atoms in total. The molecular formula is C37H36N4O5. The van der Waals surface area contributed by atoms with Gasteiger partial charge in [-0.25, -0.2) is 5.48 Å². The number of hydrogen-bond donors (Lipinski definition) is 5. The highest BCUT2D eigenvalue weighted by molar-refractivity contribution is 6.18. The Balaban J connectivity index is 1.31. The second kappa shape index (κ2) is 15.5. The maximum Gasteiger partial charge on any atom is 0.243 e. The average Bonchev–Trinajstić information content (AvgIpc) is 3.07. The van der Waals surface area contributed by atoms with Crippen LogP contribution < -0.4 is 21.4 Å². The largest absolute Gasteiger partial charge is 0.326 e. The molecular weight excluding hydrogens is 580 g/mol. The first-order valence-corrected chi connectivity index (χ1v) is 15.3. The number of hydrogen-bond acceptors (Lipinski definition) is 5. The smallest absolute Gasteiger partial charge is 0.243 e. The lowest BCUT2D eigenvalue weighted by atomic mass is 9.96. The molecule has 4 amide bonds. The molecule has 0 spiro atoms. The maximum absolute atomic E-state index is 13.9. The van der Waals surface area contributed by atoms with E-state index in [1.165, 1.54) is 0 Å². The van der Waals surface area contributed by atoms with Crippen LogP contribution in [-0.4, -0.2) is 28.8 Å². The van der Waals surface area contributed by atoms with Gasteiger partial charge in [0.25, 0.3) is 0 Å². The number of benzene rings is 5. The van der Waals surface area contributed by atoms with Crippen molar-refractivity contribution in [2.24, 2.45) is 0 Å². The fourth-order valence-corrected chi connectivity index (χ4v) is 5.46. The van der Waals surface area contributed by atoms with E-state index in [9.17, 15) is 19.2 Å². The minimum absolute atomic E-state index is 0.153. The number of nitrogens with one attached hydrogen (secondary N) is 4. The molecule has 0 aliphatic rings. The first kappa shape index (κ1) is 31.9. The maximum atomic E-state index is 13.9. The molecule has 46 heavy (non-hydrogen) atoms. The van der Waals surface area contributed by atoms with Crippen molar-refractivity contribution in [2.45, 2.75) is 44.4 Å². The molecule has 0 fully saturated rings. The van der Waals surface area contributed by atoms with Gasteiger partial charge in [0.2, 0.25) is 23.6 Å². The van der Waals surface area contributed by atoms with Crippen LogP contribution in [0.4, 0.5) is 17.1 Å². The van der Waals surface area contributed by atoms with Crippen molar-refractivity contribution in [3.8, 4) is 0 Å². The fourth-order valence-electron chi connectivity index (χ4n) is 5.46. The van der Waals surface area contributed by atoms with E-state index in [0.717, 1.165) is 34.4 Å². The molecule has 0 saturated carbocycles. The second-order valence-corrected chi connectivity index (χ2v) is 11.1. The quantitative estimate of drug-likeness (QED) is 0.0415. The molecule has 0 radical (unpaired) electrons. The Hall–Kier alpha value is -5.54. The molecule has 0 aromatic heterocycles. The van der Waals surface area contributed by atoms with Crippen LogP contribution in [0.3, 0.4) is 0 Å². The summed E-state index contributed by atoms with van der Waals surface area (Å²) in [5.41, 5.74) is 3.84. The molecule has 0 heterocycles. The van der Waals surface area contributed by atoms with E-state index < -0.39 is 23.6 Å². The van der Waals surface area contributed by atoms with Crippen LogP contribution in [-0.2, 0) is 19.2 Å². The number of unbranched alkanes of at least 4 members (excludes halogenated alkanes) is 3. The third-order valence-corrected chi connectivity index (χ3v) is 7.83. The summed E-state index contributed by atoms with van der Waals surface area (Å²) < 4.78 is 0. The summed E-state index contributed by atoms with van der Waals surface area (Å²) in [5, 5.41) is 21.0. The SMILES string of the molecule is O=C(CCCCCCC(=O)Nc1ccc(C(C(=O)Nc2cccc3ccccc23)C(=O)Nc2cccc3ccccc23)cc1)NO. The van der Waals surface area contributed by atoms with E-state index in [0.29, 0.717) is 41.9 Å². The highest BCUT2D eigenvalue weighted by atomic mass is 16.5. The standard InChI is InChI=1S/C37H36N4O5/c42-33(19-3-1-2-4-20-34(43)41-46)38-28-23-21-27(22-24-28)35(36(44)39-31-17-9-13-25-11-5-7-15-29(25)31)37(45)40-32-18-10-14-26-12-6-8-16-30(26)32/h5-18,21-24,35,46H,1-4,19-20H2,(H,38,42)(H,39,44)(H,40,45)(H,41,43). The van der Waals surface area contributed by atoms with Crippen molar-refractivity contribution in [1.29, 1.82) is 0 Å². The predicted octanol–water partition coefficient (Wildman–Crippen LogP) is 7.14. The molecule has 5 aromatic carbocycles. The lowest BCUT2D eigenvalue weighted by molar-refractivity contribution is -0.129. The Kier molecular flexibility index (Phi) is 10.7. The Labute approximate surface area is 267 Å². The van der Waals surface area contributed by atoms with Crippen molar-refractivity contribution < 1.29 is 24.4 Å². The van der Waals surface area contributed by atoms with Crippen LogP contribution in [0.1, 0.15) is 50.0 Å². The number of carbonyl (C=O) groups excluding carboxylic acids is 4. The Morgan fingerprint density at radius 3 is 1.52 bits per heavy atom. The van der Waals surface area contributed by atoms with Crippen molar-refractivity contribution >= 4 is 62.2 Å². The molecule has 9 heteroatoms. The molecule has 5 N–H and O–H groups in total. The third kappa shape index (κ3) is 8.13. The molecule has 0 unspecified atom stereocenters. The molecule has 0 bridgehead atoms. The molecule has 5 rings (SSSR count). The summed E-state index contributed by atoms with van der Waals surface area (Å²) in [5.74, 6) is -2.72. The van der Waals surface area contributed by atoms with Crippen LogP contribution in [0.2, 0.25) is 0 Å². The first-order valence-electron chi connectivity index (χ1n) is 15.3. The van der Waals surface area contributed by atoms with E-state index in [4.69, 9.17) is 5.21 Å². The van der Waals surface area contributed by atoms with Gasteiger partial charge < -0.3 is 16.0 Å². The Morgan fingerprint density at radius 1 is 0.522 bits per heavy atom. The molecule has 0 atom stereocenters. The van der Waals surface area contributed by atoms with Crippen molar-refractivity contribution in [3.05, 3.63) is 115 Å². The van der Waals surface area contributed by atoms with E-state index in [2.05, 4.69) is 16.0 Å². The van der Waals surface area contributed by atoms with Crippen LogP contribution in [0, 0.1) is 0 Å². The van der Waals surface area contributed by atoms with Crippen molar-refractivity contribution in [3.63, 3.8) is 0 Å². The minimum Gasteiger partial charge on any atom is -0.326 e. The highest BCUT2D eigenvalue weighted by Gasteiger charge is 2.29. The third-order valence-electron chi connectivity index (χ3n) is 7.83. The number of anilines is 3. The van der Waals surface area contributed by atoms with E-state index in [-0.39, 0.29) is 12.3 Å². The summed E-state index contributed by atoms with van der Waals surface area (Å²) in [4.78, 5) is 51.4. The van der Waals surface area contributed by atoms with Gasteiger partial charge in [-0.15, -0.1) is 0 Å². The van der Waals surface area contributed by atoms with Gasteiger partial charge in [0, 0.05) is 40.7 Å². The molecule has 234 valence electrons. The van der Waals surface area contributed by atoms with Gasteiger partial charge in [0.15, 0.2) is 0 Å². The number of fused-ring (bicyclic) bond motifs is 2. The molecule has 5 aromatic rings. The molecule has 0 saturated heterocycles. The second-order valence-electron chi connectivity index (χ2n) is 11.1. The molecule has 0 aliphatic carbocycles. The Bertz CT molecular complexity index is 1750. The zero-order chi connectivity index (χ0) is 32.3. The summed E-state index contributed by atoms with van der Waals surface area (Å²) in [7, 11) is 0. The van der Waals surface area contributed by atoms with Crippen molar-refractivity contribution in [2.75, 3.05) is 16.0 Å². The minimum atomic E-state index is -1.18. The number of carbonyl (C=O) groups is 4. The van der Waals surface area contributed by atoms with E-state index >= 15 is 0 Å². The van der Waals surface area contributed by atoms with Gasteiger partial charge in [-0.1, -0.05) is 97.8 Å². The van der Waals surface area contributed by atoms with Gasteiger partial charge >= 0.3 is 0 Å². The lowest BCUT2D eigenvalue weighted by Crippen LogP contribution is -2.32. The van der Waals surface area contributed by atoms with Crippen molar-refractivity contribution in [1.82, 2.24) is 5.48 Å². The average molecular weight is 617 g/mol. The van der Waals surface area contributed by atoms with Crippen LogP contribution >= 0.6 is 0 Å². The highest BCUT2D eigenvalue weighted by Crippen LogP contribution is 2.29. The Morgan fingerprint density at radius 2 is 1.00 bits per heavy atom. The summed E-state index contributed by atoms with van der Waals surface area (Å²) in [6.07, 6.45) is 3.42. The van der Waals surface area contributed by atoms with Gasteiger partial charge in [-0.2, -0.15) is 0 Å². The topological polar surface area (TPSA) is 137 Å². The monoisotopic (exact) mass is 616 g/mol. The predicted molar refractivity (Wildman–Crippen MR) is 181 cm³/mol. The summed E-state index contributed by atoms with van der Waals surface area (Å²) in [6, 6.07) is 33.4. The van der Waals surface area contributed by atoms with Gasteiger partial charge in [0.1, 0.15) is 5.92 Å². The fraction of sp³-hybridized carbons (Fsp3) is 0.189. The van der Waals surface area contributed by atoms with Crippen LogP contribution in [0.25, 0.3) is 21.5 Å². The van der Waals surface area contributed by atoms with E-state index in [1.807, 2.05) is 84.9 Å². The molecule has 0 aliphatic heterocycles. The number of hydroxylamine groups is 1. The zero-order valence-electron chi connectivity index (χ0n) is 25.3. The zero-order valence-corrected chi connectivity index (χ0v) is 25.3. The van der Waals surface area contributed by atoms with Crippen LogP contribution in [0.5, 0.6) is 0 Å². The van der Waals surface area contributed by atoms with Crippen LogP contribution in [0.15, 0.2) is 109 Å². The van der Waals surface area contributed by atoms with Gasteiger partial charge in [0.05, 0.1) is 0 Å². The lowest BCUT2D eigenvalue weighted by Gasteiger charge is -2.19. The van der Waals surface area contributed by atoms with E-state index in [1.54, 1.807) is 29.7 Å².